The van der Waals surface area contributed by atoms with E-state index in [0.717, 1.165) is 35.3 Å². The molecule has 124 valence electrons. The summed E-state index contributed by atoms with van der Waals surface area (Å²) in [4.78, 5) is 4.91. The Morgan fingerprint density at radius 1 is 1.00 bits per heavy atom. The predicted molar refractivity (Wildman–Crippen MR) is 99.6 cm³/mol. The highest BCUT2D eigenvalue weighted by Crippen LogP contribution is 2.29. The maximum Gasteiger partial charge on any atom is 0.163 e. The van der Waals surface area contributed by atoms with Gasteiger partial charge in [-0.25, -0.2) is 9.67 Å². The van der Waals surface area contributed by atoms with Crippen LogP contribution in [-0.2, 0) is 5.41 Å². The Kier molecular flexibility index (Phi) is 5.08. The van der Waals surface area contributed by atoms with Gasteiger partial charge >= 0.3 is 0 Å². The van der Waals surface area contributed by atoms with Crippen LogP contribution >= 0.6 is 0 Å². The number of fused-ring (bicyclic) bond motifs is 1. The smallest absolute Gasteiger partial charge is 0.163 e. The molecule has 0 amide bonds. The van der Waals surface area contributed by atoms with Crippen molar-refractivity contribution in [2.24, 2.45) is 0 Å². The van der Waals surface area contributed by atoms with Crippen LogP contribution in [0, 0.1) is 6.92 Å². The summed E-state index contributed by atoms with van der Waals surface area (Å²) in [6.07, 6.45) is 6.75. The minimum absolute atomic E-state index is 0.0447. The zero-order valence-electron chi connectivity index (χ0n) is 15.6. The fourth-order valence-electron chi connectivity index (χ4n) is 2.77. The molecule has 0 fully saturated rings. The first-order valence-corrected chi connectivity index (χ1v) is 8.62. The highest BCUT2D eigenvalue weighted by molar-refractivity contribution is 5.83. The van der Waals surface area contributed by atoms with Crippen molar-refractivity contribution in [2.45, 2.75) is 66.7 Å². The first kappa shape index (κ1) is 17.5. The molecule has 2 aromatic rings. The van der Waals surface area contributed by atoms with Crippen molar-refractivity contribution in [3.05, 3.63) is 41.2 Å². The van der Waals surface area contributed by atoms with Crippen LogP contribution in [0.1, 0.15) is 65.8 Å². The van der Waals surface area contributed by atoms with Gasteiger partial charge in [0.25, 0.3) is 0 Å². The van der Waals surface area contributed by atoms with Crippen LogP contribution in [0.4, 0.5) is 0 Å². The third-order valence-corrected chi connectivity index (χ3v) is 4.07. The van der Waals surface area contributed by atoms with E-state index in [1.165, 1.54) is 11.3 Å². The molecule has 2 aromatic heterocycles. The van der Waals surface area contributed by atoms with E-state index in [9.17, 15) is 0 Å². The van der Waals surface area contributed by atoms with E-state index in [0.29, 0.717) is 0 Å². The minimum Gasteiger partial charge on any atom is -0.232 e. The highest BCUT2D eigenvalue weighted by atomic mass is 15.3. The van der Waals surface area contributed by atoms with Gasteiger partial charge in [-0.05, 0) is 44.4 Å². The molecule has 2 heterocycles. The Balaban J connectivity index is 0.000000924. The Labute approximate surface area is 140 Å². The van der Waals surface area contributed by atoms with Crippen molar-refractivity contribution in [1.29, 1.82) is 0 Å². The second-order valence-electron chi connectivity index (χ2n) is 6.87. The number of allylic oxidation sites excluding steroid dienone is 4. The van der Waals surface area contributed by atoms with Gasteiger partial charge in [0.2, 0.25) is 0 Å². The second-order valence-corrected chi connectivity index (χ2v) is 6.87. The molecule has 0 saturated heterocycles. The third kappa shape index (κ3) is 3.39. The van der Waals surface area contributed by atoms with Crippen LogP contribution in [0.2, 0.25) is 0 Å². The summed E-state index contributed by atoms with van der Waals surface area (Å²) in [7, 11) is 0. The van der Waals surface area contributed by atoms with Crippen molar-refractivity contribution in [3.63, 3.8) is 0 Å². The zero-order valence-corrected chi connectivity index (χ0v) is 15.6. The van der Waals surface area contributed by atoms with E-state index in [-0.39, 0.29) is 5.41 Å². The molecule has 0 spiro atoms. The van der Waals surface area contributed by atoms with Crippen molar-refractivity contribution in [2.75, 3.05) is 0 Å². The fraction of sp³-hybridized carbons (Fsp3) is 0.500. The molecular weight excluding hydrogens is 282 g/mol. The van der Waals surface area contributed by atoms with Gasteiger partial charge in [-0.1, -0.05) is 46.8 Å². The Hall–Kier alpha value is -1.90. The number of aryl methyl sites for hydroxylation is 1. The summed E-state index contributed by atoms with van der Waals surface area (Å²) < 4.78 is 2.02. The molecule has 23 heavy (non-hydrogen) atoms. The zero-order chi connectivity index (χ0) is 17.2. The molecule has 0 bridgehead atoms. The summed E-state index contributed by atoms with van der Waals surface area (Å²) in [5.41, 5.74) is 5.63. The van der Waals surface area contributed by atoms with E-state index < -0.39 is 0 Å². The van der Waals surface area contributed by atoms with Gasteiger partial charge < -0.3 is 0 Å². The van der Waals surface area contributed by atoms with Crippen molar-refractivity contribution in [1.82, 2.24) is 14.8 Å². The van der Waals surface area contributed by atoms with E-state index >= 15 is 0 Å². The number of hydrogen-bond donors (Lipinski definition) is 0. The molecule has 0 aliphatic heterocycles. The van der Waals surface area contributed by atoms with Gasteiger partial charge in [0.05, 0.1) is 11.4 Å². The minimum atomic E-state index is 0.0447. The molecule has 1 aliphatic rings. The lowest BCUT2D eigenvalue weighted by Crippen LogP contribution is -2.14. The second kappa shape index (κ2) is 6.69. The third-order valence-electron chi connectivity index (χ3n) is 4.07. The number of hydrogen-bond acceptors (Lipinski definition) is 2. The normalized spacial score (nSPS) is 14.9. The molecule has 0 N–H and O–H groups in total. The molecule has 0 saturated carbocycles. The van der Waals surface area contributed by atoms with E-state index in [4.69, 9.17) is 10.1 Å². The van der Waals surface area contributed by atoms with Crippen LogP contribution in [-0.4, -0.2) is 14.8 Å². The van der Waals surface area contributed by atoms with Crippen LogP contribution in [0.15, 0.2) is 29.9 Å². The van der Waals surface area contributed by atoms with Gasteiger partial charge in [-0.2, -0.15) is 5.10 Å². The SMILES string of the molecule is CC.CC1=CCCC=C1n1nc(C)c2ccc(C(C)(C)C)nc21. The summed E-state index contributed by atoms with van der Waals surface area (Å²) in [5, 5.41) is 5.87. The van der Waals surface area contributed by atoms with Crippen LogP contribution in [0.3, 0.4) is 0 Å². The maximum atomic E-state index is 4.91. The molecule has 0 radical (unpaired) electrons. The molecule has 3 heteroatoms. The van der Waals surface area contributed by atoms with Crippen molar-refractivity contribution >= 4 is 16.7 Å². The average molecular weight is 311 g/mol. The maximum absolute atomic E-state index is 4.91. The Morgan fingerprint density at radius 3 is 2.26 bits per heavy atom. The first-order valence-electron chi connectivity index (χ1n) is 8.62. The number of rotatable bonds is 1. The number of aromatic nitrogens is 3. The fourth-order valence-corrected chi connectivity index (χ4v) is 2.77. The Bertz CT molecular complexity index is 755. The summed E-state index contributed by atoms with van der Waals surface area (Å²) >= 11 is 0. The van der Waals surface area contributed by atoms with Gasteiger partial charge in [0.1, 0.15) is 0 Å². The van der Waals surface area contributed by atoms with Gasteiger partial charge in [0, 0.05) is 16.5 Å². The summed E-state index contributed by atoms with van der Waals surface area (Å²) in [6.45, 7) is 14.8. The summed E-state index contributed by atoms with van der Waals surface area (Å²) in [6, 6.07) is 4.28. The lowest BCUT2D eigenvalue weighted by molar-refractivity contribution is 0.570. The molecule has 0 aromatic carbocycles. The quantitative estimate of drug-likeness (QED) is 0.682. The lowest BCUT2D eigenvalue weighted by Gasteiger charge is -2.18. The lowest BCUT2D eigenvalue weighted by atomic mass is 9.91. The summed E-state index contributed by atoms with van der Waals surface area (Å²) in [5.74, 6) is 0. The van der Waals surface area contributed by atoms with Crippen LogP contribution in [0.5, 0.6) is 0 Å². The Morgan fingerprint density at radius 2 is 1.65 bits per heavy atom. The van der Waals surface area contributed by atoms with E-state index in [2.05, 4.69) is 58.9 Å². The first-order chi connectivity index (χ1) is 10.9. The largest absolute Gasteiger partial charge is 0.232 e. The van der Waals surface area contributed by atoms with Gasteiger partial charge in [0.15, 0.2) is 5.65 Å². The predicted octanol–water partition coefficient (Wildman–Crippen LogP) is 5.64. The molecule has 0 unspecified atom stereocenters. The molecule has 0 atom stereocenters. The van der Waals surface area contributed by atoms with E-state index in [1.807, 2.05) is 18.5 Å². The molecule has 3 nitrogen and oxygen atoms in total. The number of pyridine rings is 1. The van der Waals surface area contributed by atoms with Crippen molar-refractivity contribution in [3.8, 4) is 0 Å². The van der Waals surface area contributed by atoms with Crippen LogP contribution in [0.25, 0.3) is 16.7 Å². The molecule has 1 aliphatic carbocycles. The highest BCUT2D eigenvalue weighted by Gasteiger charge is 2.20. The topological polar surface area (TPSA) is 30.7 Å². The number of nitrogens with zero attached hydrogens (tertiary/aromatic N) is 3. The molecular formula is C20H29N3. The monoisotopic (exact) mass is 311 g/mol. The van der Waals surface area contributed by atoms with Crippen LogP contribution < -0.4 is 0 Å². The average Bonchev–Trinajstić information content (AvgIpc) is 2.85. The van der Waals surface area contributed by atoms with Gasteiger partial charge in [-0.3, -0.25) is 0 Å². The molecule has 3 rings (SSSR count). The van der Waals surface area contributed by atoms with Gasteiger partial charge in [-0.15, -0.1) is 0 Å². The standard InChI is InChI=1S/C18H23N3.C2H6/c1-12-8-6-7-9-15(12)21-17-14(13(2)20-21)10-11-16(19-17)18(3,4)5;1-2/h8-11H,6-7H2,1-5H3;1-2H3. The van der Waals surface area contributed by atoms with E-state index in [1.54, 1.807) is 0 Å². The van der Waals surface area contributed by atoms with Crippen molar-refractivity contribution < 1.29 is 0 Å².